The first-order valence-electron chi connectivity index (χ1n) is 10.9. The van der Waals surface area contributed by atoms with Gasteiger partial charge in [-0.1, -0.05) is 72.7 Å². The molecule has 2 aromatic carbocycles. The molecule has 0 spiro atoms. The van der Waals surface area contributed by atoms with Crippen molar-refractivity contribution in [3.05, 3.63) is 64.9 Å². The molecule has 0 aliphatic heterocycles. The molecule has 0 heterocycles. The molecule has 0 radical (unpaired) electrons. The lowest BCUT2D eigenvalue weighted by Gasteiger charge is -2.21. The molecule has 0 atom stereocenters. The number of para-hydroxylation sites is 1. The van der Waals surface area contributed by atoms with E-state index in [0.717, 1.165) is 22.8 Å². The molecular weight excluding hydrogens is 368 g/mol. The summed E-state index contributed by atoms with van der Waals surface area (Å²) in [7, 11) is 0. The van der Waals surface area contributed by atoms with E-state index in [1.54, 1.807) is 6.07 Å². The number of nitrogens with zero attached hydrogens (tertiary/aromatic N) is 1. The highest BCUT2D eigenvalue weighted by Gasteiger charge is 2.16. The fourth-order valence-electron chi connectivity index (χ4n) is 3.51. The Balaban J connectivity index is 2.38. The van der Waals surface area contributed by atoms with Gasteiger partial charge in [-0.05, 0) is 66.0 Å². The Labute approximate surface area is 183 Å². The predicted molar refractivity (Wildman–Crippen MR) is 132 cm³/mol. The van der Waals surface area contributed by atoms with Crippen LogP contribution in [-0.2, 0) is 5.41 Å². The van der Waals surface area contributed by atoms with E-state index < -0.39 is 0 Å². The fourth-order valence-corrected chi connectivity index (χ4v) is 3.51. The summed E-state index contributed by atoms with van der Waals surface area (Å²) >= 11 is 0. The van der Waals surface area contributed by atoms with Crippen LogP contribution in [0.2, 0.25) is 0 Å². The monoisotopic (exact) mass is 406 g/mol. The van der Waals surface area contributed by atoms with E-state index in [0.29, 0.717) is 11.8 Å². The van der Waals surface area contributed by atoms with Crippen molar-refractivity contribution < 1.29 is 5.11 Å². The van der Waals surface area contributed by atoms with Crippen molar-refractivity contribution in [2.45, 2.75) is 79.6 Å². The topological polar surface area (TPSA) is 44.6 Å². The van der Waals surface area contributed by atoms with Crippen molar-refractivity contribution >= 4 is 17.1 Å². The van der Waals surface area contributed by atoms with Crippen molar-refractivity contribution in [1.29, 1.82) is 0 Å². The summed E-state index contributed by atoms with van der Waals surface area (Å²) < 4.78 is 0. The molecule has 3 nitrogen and oxygen atoms in total. The number of hydrogen-bond donors (Lipinski definition) is 2. The third kappa shape index (κ3) is 5.98. The summed E-state index contributed by atoms with van der Waals surface area (Å²) in [6.45, 7) is 19.4. The van der Waals surface area contributed by atoms with E-state index in [-0.39, 0.29) is 11.2 Å². The van der Waals surface area contributed by atoms with Crippen LogP contribution in [0.5, 0.6) is 5.75 Å². The molecular formula is C27H38N2O. The second-order valence-corrected chi connectivity index (χ2v) is 9.78. The second-order valence-electron chi connectivity index (χ2n) is 9.78. The van der Waals surface area contributed by atoms with Gasteiger partial charge in [-0.2, -0.15) is 0 Å². The number of hydrogen-bond acceptors (Lipinski definition) is 3. The van der Waals surface area contributed by atoms with Crippen molar-refractivity contribution in [3.8, 4) is 5.75 Å². The van der Waals surface area contributed by atoms with Gasteiger partial charge >= 0.3 is 0 Å². The van der Waals surface area contributed by atoms with E-state index >= 15 is 0 Å². The molecule has 0 saturated carbocycles. The summed E-state index contributed by atoms with van der Waals surface area (Å²) in [4.78, 5) is 5.00. The summed E-state index contributed by atoms with van der Waals surface area (Å²) in [5.41, 5.74) is 7.41. The van der Waals surface area contributed by atoms with Gasteiger partial charge in [0.25, 0.3) is 0 Å². The number of benzene rings is 2. The molecule has 0 bridgehead atoms. The zero-order valence-electron chi connectivity index (χ0n) is 20.1. The van der Waals surface area contributed by atoms with E-state index in [1.807, 2.05) is 32.1 Å². The van der Waals surface area contributed by atoms with Gasteiger partial charge in [0, 0.05) is 11.4 Å². The molecule has 2 N–H and O–H groups in total. The first kappa shape index (κ1) is 23.7. The lowest BCUT2D eigenvalue weighted by molar-refractivity contribution is 0.476. The molecule has 0 unspecified atom stereocenters. The van der Waals surface area contributed by atoms with Gasteiger partial charge in [0.2, 0.25) is 0 Å². The zero-order chi connectivity index (χ0) is 22.6. The summed E-state index contributed by atoms with van der Waals surface area (Å²) in [6.07, 6.45) is 2.03. The molecule has 3 heteroatoms. The Bertz CT molecular complexity index is 918. The van der Waals surface area contributed by atoms with Crippen LogP contribution in [0, 0.1) is 0 Å². The number of rotatable bonds is 6. The van der Waals surface area contributed by atoms with Gasteiger partial charge in [-0.25, -0.2) is 0 Å². The molecule has 2 aromatic rings. The summed E-state index contributed by atoms with van der Waals surface area (Å²) in [6, 6.07) is 12.2. The van der Waals surface area contributed by atoms with Gasteiger partial charge in [-0.15, -0.1) is 0 Å². The highest BCUT2D eigenvalue weighted by molar-refractivity contribution is 5.96. The van der Waals surface area contributed by atoms with Crippen LogP contribution in [0.1, 0.15) is 90.8 Å². The Morgan fingerprint density at radius 2 is 1.53 bits per heavy atom. The first-order valence-corrected chi connectivity index (χ1v) is 10.9. The smallest absolute Gasteiger partial charge is 0.139 e. The maximum Gasteiger partial charge on any atom is 0.139 e. The average molecular weight is 407 g/mol. The zero-order valence-corrected chi connectivity index (χ0v) is 20.1. The molecule has 0 saturated heterocycles. The van der Waals surface area contributed by atoms with Gasteiger partial charge in [0.15, 0.2) is 0 Å². The maximum atomic E-state index is 10.3. The molecule has 0 aromatic heterocycles. The van der Waals surface area contributed by atoms with Crippen LogP contribution in [-0.4, -0.2) is 10.8 Å². The van der Waals surface area contributed by atoms with Gasteiger partial charge < -0.3 is 10.4 Å². The van der Waals surface area contributed by atoms with Crippen LogP contribution in [0.3, 0.4) is 0 Å². The number of aliphatic imine (C=N–C) groups is 1. The quantitative estimate of drug-likeness (QED) is 0.376. The van der Waals surface area contributed by atoms with Crippen LogP contribution < -0.4 is 5.32 Å². The Hall–Kier alpha value is -2.55. The Morgan fingerprint density at radius 3 is 2.03 bits per heavy atom. The van der Waals surface area contributed by atoms with E-state index in [4.69, 9.17) is 4.99 Å². The first-order chi connectivity index (χ1) is 13.9. The van der Waals surface area contributed by atoms with E-state index in [2.05, 4.69) is 72.0 Å². The van der Waals surface area contributed by atoms with E-state index in [9.17, 15) is 5.11 Å². The van der Waals surface area contributed by atoms with Crippen LogP contribution >= 0.6 is 0 Å². The number of anilines is 1. The van der Waals surface area contributed by atoms with Crippen molar-refractivity contribution in [3.63, 3.8) is 0 Å². The lowest BCUT2D eigenvalue weighted by Crippen LogP contribution is -2.11. The molecule has 0 fully saturated rings. The predicted octanol–water partition coefficient (Wildman–Crippen LogP) is 8.04. The Morgan fingerprint density at radius 1 is 0.967 bits per heavy atom. The highest BCUT2D eigenvalue weighted by atomic mass is 16.3. The molecule has 0 aliphatic rings. The number of phenols is 1. The van der Waals surface area contributed by atoms with Crippen LogP contribution in [0.4, 0.5) is 11.4 Å². The van der Waals surface area contributed by atoms with Gasteiger partial charge in [-0.3, -0.25) is 4.99 Å². The minimum Gasteiger partial charge on any atom is -0.506 e. The van der Waals surface area contributed by atoms with Gasteiger partial charge in [0.1, 0.15) is 5.75 Å². The average Bonchev–Trinajstić information content (AvgIpc) is 2.62. The SMILES string of the molecule is CC(=CC(C)=Nc1c(C(C)C)cccc1C(C)C)Nc1cc(C(C)(C)C)ccc1O. The van der Waals surface area contributed by atoms with Crippen molar-refractivity contribution in [1.82, 2.24) is 0 Å². The number of phenolic OH excluding ortho intramolecular Hbond substituents is 1. The van der Waals surface area contributed by atoms with Crippen LogP contribution in [0.15, 0.2) is 53.2 Å². The number of allylic oxidation sites excluding steroid dienone is 2. The second kappa shape index (κ2) is 9.51. The van der Waals surface area contributed by atoms with Crippen molar-refractivity contribution in [2.75, 3.05) is 5.32 Å². The molecule has 162 valence electrons. The van der Waals surface area contributed by atoms with Gasteiger partial charge in [0.05, 0.1) is 11.4 Å². The maximum absolute atomic E-state index is 10.3. The number of nitrogens with one attached hydrogen (secondary N) is 1. The normalized spacial score (nSPS) is 13.3. The lowest BCUT2D eigenvalue weighted by atomic mass is 9.87. The largest absolute Gasteiger partial charge is 0.506 e. The summed E-state index contributed by atoms with van der Waals surface area (Å²) in [5.74, 6) is 1.07. The Kier molecular flexibility index (Phi) is 7.52. The third-order valence-electron chi connectivity index (χ3n) is 5.25. The minimum absolute atomic E-state index is 0.0208. The molecule has 30 heavy (non-hydrogen) atoms. The van der Waals surface area contributed by atoms with Crippen LogP contribution in [0.25, 0.3) is 0 Å². The fraction of sp³-hybridized carbons (Fsp3) is 0.444. The highest BCUT2D eigenvalue weighted by Crippen LogP contribution is 2.35. The summed E-state index contributed by atoms with van der Waals surface area (Å²) in [5, 5.41) is 13.6. The standard InChI is InChI=1S/C27H38N2O/c1-17(2)22-11-10-12-23(18(3)4)26(22)29-20(6)15-19(5)28-24-16-21(27(7,8)9)13-14-25(24)30/h10-18,28,30H,1-9H3. The van der Waals surface area contributed by atoms with Crippen molar-refractivity contribution in [2.24, 2.45) is 4.99 Å². The third-order valence-corrected chi connectivity index (χ3v) is 5.25. The minimum atomic E-state index is 0.0208. The molecule has 0 amide bonds. The molecule has 0 aliphatic carbocycles. The van der Waals surface area contributed by atoms with E-state index in [1.165, 1.54) is 16.7 Å². The number of aromatic hydroxyl groups is 1. The molecule has 2 rings (SSSR count).